The van der Waals surface area contributed by atoms with Gasteiger partial charge in [0.1, 0.15) is 0 Å². The first-order valence-electron chi connectivity index (χ1n) is 6.70. The first-order valence-corrected chi connectivity index (χ1v) is 6.70. The van der Waals surface area contributed by atoms with Gasteiger partial charge >= 0.3 is 0 Å². The van der Waals surface area contributed by atoms with Gasteiger partial charge in [0.2, 0.25) is 0 Å². The van der Waals surface area contributed by atoms with Crippen molar-refractivity contribution in [2.75, 3.05) is 13.2 Å². The highest BCUT2D eigenvalue weighted by atomic mass is 16.5. The summed E-state index contributed by atoms with van der Waals surface area (Å²) < 4.78 is 5.84. The first kappa shape index (κ1) is 14.0. The molecule has 0 amide bonds. The molecule has 0 unspecified atom stereocenters. The molecule has 1 aliphatic carbocycles. The van der Waals surface area contributed by atoms with E-state index in [0.29, 0.717) is 11.5 Å². The topological polar surface area (TPSA) is 21.3 Å². The smallest absolute Gasteiger partial charge is 0.0598 e. The Kier molecular flexibility index (Phi) is 4.81. The Bertz CT molecular complexity index is 201. The third-order valence-corrected chi connectivity index (χ3v) is 3.47. The second-order valence-electron chi connectivity index (χ2n) is 6.60. The molecule has 0 aromatic heterocycles. The van der Waals surface area contributed by atoms with Gasteiger partial charge in [-0.1, -0.05) is 20.3 Å². The third kappa shape index (κ3) is 4.84. The van der Waals surface area contributed by atoms with Crippen LogP contribution in [0.15, 0.2) is 0 Å². The SMILES string of the molecule is CC(C)NCC1(CCOC(C)(C)C)CCC1. The fourth-order valence-corrected chi connectivity index (χ4v) is 2.19. The molecule has 0 bridgehead atoms. The Morgan fingerprint density at radius 2 is 1.88 bits per heavy atom. The molecule has 1 N–H and O–H groups in total. The number of hydrogen-bond donors (Lipinski definition) is 1. The van der Waals surface area contributed by atoms with Crippen molar-refractivity contribution in [2.45, 2.75) is 71.9 Å². The van der Waals surface area contributed by atoms with E-state index < -0.39 is 0 Å². The quantitative estimate of drug-likeness (QED) is 0.751. The molecule has 1 fully saturated rings. The average Bonchev–Trinajstić information content (AvgIpc) is 2.05. The van der Waals surface area contributed by atoms with Crippen LogP contribution in [0.4, 0.5) is 0 Å². The molecule has 0 aromatic carbocycles. The van der Waals surface area contributed by atoms with Crippen molar-refractivity contribution in [3.05, 3.63) is 0 Å². The molecular weight excluding hydrogens is 198 g/mol. The summed E-state index contributed by atoms with van der Waals surface area (Å²) in [5.74, 6) is 0. The molecule has 0 atom stereocenters. The monoisotopic (exact) mass is 227 g/mol. The molecule has 0 aliphatic heterocycles. The summed E-state index contributed by atoms with van der Waals surface area (Å²) in [4.78, 5) is 0. The van der Waals surface area contributed by atoms with E-state index in [1.165, 1.54) is 25.7 Å². The van der Waals surface area contributed by atoms with Gasteiger partial charge in [-0.3, -0.25) is 0 Å². The zero-order valence-corrected chi connectivity index (χ0v) is 11.7. The van der Waals surface area contributed by atoms with Gasteiger partial charge in [0.15, 0.2) is 0 Å². The lowest BCUT2D eigenvalue weighted by molar-refractivity contribution is -0.0314. The van der Waals surface area contributed by atoms with Crippen molar-refractivity contribution in [1.82, 2.24) is 5.32 Å². The van der Waals surface area contributed by atoms with Gasteiger partial charge in [0, 0.05) is 19.2 Å². The third-order valence-electron chi connectivity index (χ3n) is 3.47. The summed E-state index contributed by atoms with van der Waals surface area (Å²) in [7, 11) is 0. The van der Waals surface area contributed by atoms with Crippen LogP contribution in [0.2, 0.25) is 0 Å². The van der Waals surface area contributed by atoms with Crippen LogP contribution in [-0.2, 0) is 4.74 Å². The van der Waals surface area contributed by atoms with Gasteiger partial charge in [-0.15, -0.1) is 0 Å². The Morgan fingerprint density at radius 1 is 1.25 bits per heavy atom. The first-order chi connectivity index (χ1) is 7.33. The van der Waals surface area contributed by atoms with Crippen LogP contribution >= 0.6 is 0 Å². The highest BCUT2D eigenvalue weighted by molar-refractivity contribution is 4.90. The molecule has 1 aliphatic rings. The summed E-state index contributed by atoms with van der Waals surface area (Å²) in [5.41, 5.74) is 0.548. The summed E-state index contributed by atoms with van der Waals surface area (Å²) in [5, 5.41) is 3.58. The van der Waals surface area contributed by atoms with Gasteiger partial charge < -0.3 is 10.1 Å². The van der Waals surface area contributed by atoms with Crippen molar-refractivity contribution in [1.29, 1.82) is 0 Å². The fourth-order valence-electron chi connectivity index (χ4n) is 2.19. The second kappa shape index (κ2) is 5.50. The maximum Gasteiger partial charge on any atom is 0.0598 e. The predicted octanol–water partition coefficient (Wildman–Crippen LogP) is 3.36. The van der Waals surface area contributed by atoms with Crippen molar-refractivity contribution in [3.63, 3.8) is 0 Å². The normalized spacial score (nSPS) is 19.9. The Morgan fingerprint density at radius 3 is 2.25 bits per heavy atom. The average molecular weight is 227 g/mol. The van der Waals surface area contributed by atoms with Crippen molar-refractivity contribution in [3.8, 4) is 0 Å². The largest absolute Gasteiger partial charge is 0.376 e. The lowest BCUT2D eigenvalue weighted by Crippen LogP contribution is -2.43. The summed E-state index contributed by atoms with van der Waals surface area (Å²) in [6, 6.07) is 0.598. The number of rotatable bonds is 6. The van der Waals surface area contributed by atoms with E-state index >= 15 is 0 Å². The Hall–Kier alpha value is -0.0800. The molecule has 2 nitrogen and oxygen atoms in total. The van der Waals surface area contributed by atoms with E-state index in [0.717, 1.165) is 13.2 Å². The minimum Gasteiger partial charge on any atom is -0.376 e. The standard InChI is InChI=1S/C14H29NO/c1-12(2)15-11-14(7-6-8-14)9-10-16-13(3,4)5/h12,15H,6-11H2,1-5H3. The number of ether oxygens (including phenoxy) is 1. The molecular formula is C14H29NO. The highest BCUT2D eigenvalue weighted by Crippen LogP contribution is 2.43. The van der Waals surface area contributed by atoms with Crippen LogP contribution in [0.3, 0.4) is 0 Å². The molecule has 96 valence electrons. The lowest BCUT2D eigenvalue weighted by Gasteiger charge is -2.43. The molecule has 2 heteroatoms. The van der Waals surface area contributed by atoms with E-state index in [4.69, 9.17) is 4.74 Å². The van der Waals surface area contributed by atoms with Crippen molar-refractivity contribution >= 4 is 0 Å². The molecule has 1 saturated carbocycles. The summed E-state index contributed by atoms with van der Waals surface area (Å²) in [6.45, 7) is 12.9. The summed E-state index contributed by atoms with van der Waals surface area (Å²) in [6.07, 6.45) is 5.36. The van der Waals surface area contributed by atoms with E-state index in [1.807, 2.05) is 0 Å². The molecule has 0 spiro atoms. The van der Waals surface area contributed by atoms with Gasteiger partial charge in [-0.05, 0) is 45.4 Å². The van der Waals surface area contributed by atoms with Gasteiger partial charge in [0.05, 0.1) is 5.60 Å². The van der Waals surface area contributed by atoms with Crippen LogP contribution in [0.25, 0.3) is 0 Å². The van der Waals surface area contributed by atoms with E-state index in [9.17, 15) is 0 Å². The predicted molar refractivity (Wildman–Crippen MR) is 69.7 cm³/mol. The zero-order chi connectivity index (χ0) is 12.2. The van der Waals surface area contributed by atoms with E-state index in [1.54, 1.807) is 0 Å². The van der Waals surface area contributed by atoms with Gasteiger partial charge in [-0.2, -0.15) is 0 Å². The van der Waals surface area contributed by atoms with Crippen LogP contribution in [0.5, 0.6) is 0 Å². The molecule has 0 radical (unpaired) electrons. The molecule has 0 heterocycles. The van der Waals surface area contributed by atoms with Crippen LogP contribution < -0.4 is 5.32 Å². The maximum absolute atomic E-state index is 5.84. The number of nitrogens with one attached hydrogen (secondary N) is 1. The van der Waals surface area contributed by atoms with E-state index in [-0.39, 0.29) is 5.60 Å². The number of hydrogen-bond acceptors (Lipinski definition) is 2. The molecule has 0 aromatic rings. The van der Waals surface area contributed by atoms with Crippen molar-refractivity contribution < 1.29 is 4.74 Å². The maximum atomic E-state index is 5.84. The Labute approximate surface area is 101 Å². The van der Waals surface area contributed by atoms with Crippen LogP contribution in [0.1, 0.15) is 60.3 Å². The second-order valence-corrected chi connectivity index (χ2v) is 6.60. The Balaban J connectivity index is 2.25. The van der Waals surface area contributed by atoms with Gasteiger partial charge in [-0.25, -0.2) is 0 Å². The molecule has 1 rings (SSSR count). The highest BCUT2D eigenvalue weighted by Gasteiger charge is 2.36. The van der Waals surface area contributed by atoms with E-state index in [2.05, 4.69) is 39.9 Å². The lowest BCUT2D eigenvalue weighted by atomic mass is 9.66. The van der Waals surface area contributed by atoms with Crippen molar-refractivity contribution in [2.24, 2.45) is 5.41 Å². The molecule has 0 saturated heterocycles. The minimum atomic E-state index is 0.0103. The minimum absolute atomic E-state index is 0.0103. The van der Waals surface area contributed by atoms with Crippen LogP contribution in [-0.4, -0.2) is 24.8 Å². The van der Waals surface area contributed by atoms with Gasteiger partial charge in [0.25, 0.3) is 0 Å². The zero-order valence-electron chi connectivity index (χ0n) is 11.7. The molecule has 16 heavy (non-hydrogen) atoms. The van der Waals surface area contributed by atoms with Crippen LogP contribution in [0, 0.1) is 5.41 Å². The summed E-state index contributed by atoms with van der Waals surface area (Å²) >= 11 is 0. The fraction of sp³-hybridized carbons (Fsp3) is 1.00.